The van der Waals surface area contributed by atoms with Crippen molar-refractivity contribution in [3.05, 3.63) is 35.9 Å². The van der Waals surface area contributed by atoms with Gasteiger partial charge in [-0.15, -0.1) is 11.6 Å². The van der Waals surface area contributed by atoms with E-state index in [9.17, 15) is 9.59 Å². The highest BCUT2D eigenvalue weighted by Gasteiger charge is 2.36. The van der Waals surface area contributed by atoms with Crippen molar-refractivity contribution in [3.63, 3.8) is 0 Å². The maximum atomic E-state index is 12.8. The van der Waals surface area contributed by atoms with E-state index in [2.05, 4.69) is 0 Å². The number of nitrogens with zero attached hydrogens (tertiary/aromatic N) is 1. The second-order valence-electron chi connectivity index (χ2n) is 5.86. The number of hydrogen-bond acceptors (Lipinski definition) is 3. The first-order valence-electron chi connectivity index (χ1n) is 7.41. The minimum atomic E-state index is -0.739. The molecule has 22 heavy (non-hydrogen) atoms. The second-order valence-corrected chi connectivity index (χ2v) is 6.13. The number of esters is 1. The summed E-state index contributed by atoms with van der Waals surface area (Å²) in [5.41, 5.74) is 0.217. The molecule has 0 spiro atoms. The first kappa shape index (κ1) is 18.5. The molecule has 1 amide bonds. The van der Waals surface area contributed by atoms with Gasteiger partial charge in [-0.3, -0.25) is 4.79 Å². The summed E-state index contributed by atoms with van der Waals surface area (Å²) < 4.78 is 5.05. The molecular weight excluding hydrogens is 302 g/mol. The molecule has 1 aromatic rings. The molecule has 1 rings (SSSR count). The molecule has 1 atom stereocenters. The Morgan fingerprint density at radius 1 is 1.27 bits per heavy atom. The summed E-state index contributed by atoms with van der Waals surface area (Å²) in [5, 5.41) is 0. The molecule has 0 aliphatic heterocycles. The van der Waals surface area contributed by atoms with Gasteiger partial charge in [-0.1, -0.05) is 30.3 Å². The molecule has 0 N–H and O–H groups in total. The van der Waals surface area contributed by atoms with E-state index < -0.39 is 17.4 Å². The molecule has 1 aromatic carbocycles. The summed E-state index contributed by atoms with van der Waals surface area (Å²) in [7, 11) is 0. The van der Waals surface area contributed by atoms with Crippen LogP contribution in [-0.4, -0.2) is 35.3 Å². The van der Waals surface area contributed by atoms with Crippen LogP contribution in [-0.2, 0) is 20.9 Å². The molecule has 0 saturated heterocycles. The highest BCUT2D eigenvalue weighted by molar-refractivity contribution is 6.19. The van der Waals surface area contributed by atoms with Crippen LogP contribution >= 0.6 is 11.6 Å². The van der Waals surface area contributed by atoms with Crippen molar-refractivity contribution in [2.45, 2.75) is 40.3 Å². The minimum absolute atomic E-state index is 0.160. The SMILES string of the molecule is CCOC(=O)C(C)N(Cc1ccccc1)C(=O)C(C)(C)CCl. The smallest absolute Gasteiger partial charge is 0.328 e. The van der Waals surface area contributed by atoms with Crippen LogP contribution < -0.4 is 0 Å². The molecule has 0 fully saturated rings. The predicted octanol–water partition coefficient (Wildman–Crippen LogP) is 3.23. The monoisotopic (exact) mass is 325 g/mol. The maximum absolute atomic E-state index is 12.8. The quantitative estimate of drug-likeness (QED) is 0.571. The molecule has 5 heteroatoms. The number of amides is 1. The van der Waals surface area contributed by atoms with Crippen LogP contribution in [0.5, 0.6) is 0 Å². The van der Waals surface area contributed by atoms with E-state index in [0.717, 1.165) is 5.56 Å². The van der Waals surface area contributed by atoms with Crippen LogP contribution in [0.15, 0.2) is 30.3 Å². The zero-order valence-corrected chi connectivity index (χ0v) is 14.4. The average Bonchev–Trinajstić information content (AvgIpc) is 2.52. The van der Waals surface area contributed by atoms with Crippen molar-refractivity contribution in [2.75, 3.05) is 12.5 Å². The Labute approximate surface area is 137 Å². The number of benzene rings is 1. The molecule has 0 radical (unpaired) electrons. The Morgan fingerprint density at radius 2 is 1.86 bits per heavy atom. The van der Waals surface area contributed by atoms with Crippen molar-refractivity contribution < 1.29 is 14.3 Å². The van der Waals surface area contributed by atoms with Gasteiger partial charge in [-0.2, -0.15) is 0 Å². The van der Waals surface area contributed by atoms with Gasteiger partial charge in [-0.05, 0) is 33.3 Å². The van der Waals surface area contributed by atoms with Crippen molar-refractivity contribution in [2.24, 2.45) is 5.41 Å². The lowest BCUT2D eigenvalue weighted by atomic mass is 9.93. The molecule has 4 nitrogen and oxygen atoms in total. The molecule has 0 bridgehead atoms. The summed E-state index contributed by atoms with van der Waals surface area (Å²) in [5.74, 6) is -0.379. The van der Waals surface area contributed by atoms with Crippen molar-refractivity contribution >= 4 is 23.5 Å². The van der Waals surface area contributed by atoms with Crippen LogP contribution in [0.4, 0.5) is 0 Å². The summed E-state index contributed by atoms with van der Waals surface area (Å²) in [6.45, 7) is 7.62. The number of rotatable bonds is 7. The van der Waals surface area contributed by atoms with Crippen molar-refractivity contribution in [1.29, 1.82) is 0 Å². The summed E-state index contributed by atoms with van der Waals surface area (Å²) in [6, 6.07) is 8.90. The normalized spacial score (nSPS) is 12.6. The lowest BCUT2D eigenvalue weighted by Gasteiger charge is -2.34. The fraction of sp³-hybridized carbons (Fsp3) is 0.529. The molecule has 0 aliphatic rings. The topological polar surface area (TPSA) is 46.6 Å². The first-order chi connectivity index (χ1) is 10.3. The van der Waals surface area contributed by atoms with Gasteiger partial charge in [0.15, 0.2) is 0 Å². The number of alkyl halides is 1. The van der Waals surface area contributed by atoms with Crippen LogP contribution in [0.1, 0.15) is 33.3 Å². The van der Waals surface area contributed by atoms with Gasteiger partial charge in [0.25, 0.3) is 0 Å². The lowest BCUT2D eigenvalue weighted by molar-refractivity contribution is -0.157. The number of carbonyl (C=O) groups is 2. The first-order valence-corrected chi connectivity index (χ1v) is 7.94. The molecule has 0 aromatic heterocycles. The predicted molar refractivity (Wildman–Crippen MR) is 87.6 cm³/mol. The Morgan fingerprint density at radius 3 is 2.36 bits per heavy atom. The van der Waals surface area contributed by atoms with E-state index in [1.807, 2.05) is 30.3 Å². The molecule has 0 saturated carbocycles. The molecule has 0 heterocycles. The van der Waals surface area contributed by atoms with Gasteiger partial charge >= 0.3 is 5.97 Å². The van der Waals surface area contributed by atoms with Crippen LogP contribution in [0.2, 0.25) is 0 Å². The van der Waals surface area contributed by atoms with Gasteiger partial charge in [0.1, 0.15) is 6.04 Å². The number of halogens is 1. The van der Waals surface area contributed by atoms with Gasteiger partial charge in [0.2, 0.25) is 5.91 Å². The van der Waals surface area contributed by atoms with E-state index >= 15 is 0 Å². The van der Waals surface area contributed by atoms with E-state index in [1.54, 1.807) is 27.7 Å². The number of carbonyl (C=O) groups excluding carboxylic acids is 2. The zero-order chi connectivity index (χ0) is 16.8. The Bertz CT molecular complexity index is 502. The van der Waals surface area contributed by atoms with Gasteiger partial charge in [-0.25, -0.2) is 4.79 Å². The summed E-state index contributed by atoms with van der Waals surface area (Å²) in [6.07, 6.45) is 0. The minimum Gasteiger partial charge on any atom is -0.464 e. The van der Waals surface area contributed by atoms with Gasteiger partial charge in [0.05, 0.1) is 12.0 Å². The lowest BCUT2D eigenvalue weighted by Crippen LogP contribution is -2.49. The highest BCUT2D eigenvalue weighted by atomic mass is 35.5. The third-order valence-corrected chi connectivity index (χ3v) is 4.13. The van der Waals surface area contributed by atoms with Crippen molar-refractivity contribution in [3.8, 4) is 0 Å². The average molecular weight is 326 g/mol. The van der Waals surface area contributed by atoms with E-state index in [-0.39, 0.29) is 18.4 Å². The fourth-order valence-electron chi connectivity index (χ4n) is 2.00. The molecule has 1 unspecified atom stereocenters. The Hall–Kier alpha value is -1.55. The van der Waals surface area contributed by atoms with E-state index in [1.165, 1.54) is 4.90 Å². The summed E-state index contributed by atoms with van der Waals surface area (Å²) >= 11 is 5.92. The van der Waals surface area contributed by atoms with Crippen LogP contribution in [0, 0.1) is 5.41 Å². The molecule has 122 valence electrons. The standard InChI is InChI=1S/C17H24ClNO3/c1-5-22-15(20)13(2)19(16(21)17(3,4)12-18)11-14-9-7-6-8-10-14/h6-10,13H,5,11-12H2,1-4H3. The summed E-state index contributed by atoms with van der Waals surface area (Å²) in [4.78, 5) is 26.4. The van der Waals surface area contributed by atoms with Crippen LogP contribution in [0.3, 0.4) is 0 Å². The fourth-order valence-corrected chi connectivity index (χ4v) is 2.12. The highest BCUT2D eigenvalue weighted by Crippen LogP contribution is 2.24. The third-order valence-electron chi connectivity index (χ3n) is 3.46. The largest absolute Gasteiger partial charge is 0.464 e. The Balaban J connectivity index is 3.04. The maximum Gasteiger partial charge on any atom is 0.328 e. The van der Waals surface area contributed by atoms with E-state index in [4.69, 9.17) is 16.3 Å². The number of ether oxygens (including phenoxy) is 1. The second kappa shape index (κ2) is 8.18. The van der Waals surface area contributed by atoms with Gasteiger partial charge in [0, 0.05) is 12.4 Å². The third kappa shape index (κ3) is 4.73. The molecule has 0 aliphatic carbocycles. The van der Waals surface area contributed by atoms with E-state index in [0.29, 0.717) is 6.54 Å². The van der Waals surface area contributed by atoms with Crippen LogP contribution in [0.25, 0.3) is 0 Å². The Kier molecular flexibility index (Phi) is 6.88. The van der Waals surface area contributed by atoms with Gasteiger partial charge < -0.3 is 9.64 Å². The van der Waals surface area contributed by atoms with Crippen molar-refractivity contribution in [1.82, 2.24) is 4.90 Å². The molecular formula is C17H24ClNO3. The zero-order valence-electron chi connectivity index (χ0n) is 13.6. The number of hydrogen-bond donors (Lipinski definition) is 0.